The molecule has 3 heteroatoms. The van der Waals surface area contributed by atoms with Crippen molar-refractivity contribution in [2.24, 2.45) is 5.73 Å². The van der Waals surface area contributed by atoms with Crippen LogP contribution in [-0.2, 0) is 0 Å². The van der Waals surface area contributed by atoms with E-state index in [9.17, 15) is 0 Å². The zero-order chi connectivity index (χ0) is 7.11. The Morgan fingerprint density at radius 2 is 2.00 bits per heavy atom. The maximum absolute atomic E-state index is 5.30. The van der Waals surface area contributed by atoms with Gasteiger partial charge in [-0.05, 0) is 19.4 Å². The smallest absolute Gasteiger partial charge is 0.0102 e. The highest BCUT2D eigenvalue weighted by atomic mass is 15.5. The van der Waals surface area contributed by atoms with Crippen molar-refractivity contribution in [2.75, 3.05) is 27.2 Å². The van der Waals surface area contributed by atoms with Crippen LogP contribution in [0.1, 0.15) is 12.8 Å². The molecule has 0 saturated carbocycles. The molecule has 0 saturated heterocycles. The first kappa shape index (κ1) is 8.88. The molecule has 3 N–H and O–H groups in total. The van der Waals surface area contributed by atoms with Crippen LogP contribution >= 0.6 is 0 Å². The van der Waals surface area contributed by atoms with Gasteiger partial charge in [0, 0.05) is 20.6 Å². The third kappa shape index (κ3) is 7.88. The van der Waals surface area contributed by atoms with Gasteiger partial charge in [0.2, 0.25) is 0 Å². The summed E-state index contributed by atoms with van der Waals surface area (Å²) in [6.45, 7) is 1.83. The Labute approximate surface area is 57.2 Å². The molecular weight excluding hydrogens is 114 g/mol. The van der Waals surface area contributed by atoms with Gasteiger partial charge in [0.15, 0.2) is 0 Å². The molecule has 0 amide bonds. The molecule has 56 valence electrons. The van der Waals surface area contributed by atoms with Crippen LogP contribution in [-0.4, -0.2) is 32.2 Å². The lowest BCUT2D eigenvalue weighted by Gasteiger charge is -2.10. The van der Waals surface area contributed by atoms with Gasteiger partial charge in [-0.25, -0.2) is 0 Å². The minimum absolute atomic E-state index is 0.801. The van der Waals surface area contributed by atoms with Gasteiger partial charge in [-0.3, -0.25) is 10.4 Å². The number of nitrogens with zero attached hydrogens (tertiary/aromatic N) is 1. The first-order chi connectivity index (χ1) is 4.27. The Kier molecular flexibility index (Phi) is 5.93. The highest BCUT2D eigenvalue weighted by molar-refractivity contribution is 4.42. The minimum atomic E-state index is 0.801. The molecule has 0 rings (SSSR count). The van der Waals surface area contributed by atoms with E-state index < -0.39 is 0 Å². The van der Waals surface area contributed by atoms with Crippen LogP contribution in [0.4, 0.5) is 0 Å². The Morgan fingerprint density at radius 1 is 1.33 bits per heavy atom. The summed E-state index contributed by atoms with van der Waals surface area (Å²) in [5.41, 5.74) is 8.46. The number of unbranched alkanes of at least 4 members (excludes halogenated alkanes) is 1. The molecule has 9 heavy (non-hydrogen) atoms. The summed E-state index contributed by atoms with van der Waals surface area (Å²) in [5.74, 6) is 0. The van der Waals surface area contributed by atoms with E-state index >= 15 is 0 Å². The zero-order valence-electron chi connectivity index (χ0n) is 6.35. The van der Waals surface area contributed by atoms with Gasteiger partial charge in [0.1, 0.15) is 0 Å². The highest BCUT2D eigenvalue weighted by Crippen LogP contribution is 1.81. The van der Waals surface area contributed by atoms with E-state index in [0.29, 0.717) is 0 Å². The Morgan fingerprint density at radius 3 is 2.44 bits per heavy atom. The maximum Gasteiger partial charge on any atom is 0.0102 e. The number of nitrogens with two attached hydrogens (primary N) is 1. The molecule has 0 aliphatic heterocycles. The van der Waals surface area contributed by atoms with Crippen LogP contribution < -0.4 is 11.2 Å². The number of hydrogen-bond donors (Lipinski definition) is 2. The van der Waals surface area contributed by atoms with Crippen molar-refractivity contribution in [1.29, 1.82) is 0 Å². The number of nitrogens with one attached hydrogen (secondary N) is 1. The predicted octanol–water partition coefficient (Wildman–Crippen LogP) is -0.208. The second kappa shape index (κ2) is 6.01. The van der Waals surface area contributed by atoms with Crippen LogP contribution in [0.2, 0.25) is 0 Å². The molecule has 0 radical (unpaired) electrons. The fraction of sp³-hybridized carbons (Fsp3) is 1.00. The third-order valence-corrected chi connectivity index (χ3v) is 1.06. The van der Waals surface area contributed by atoms with Gasteiger partial charge in [0.25, 0.3) is 0 Å². The molecule has 0 aliphatic carbocycles. The van der Waals surface area contributed by atoms with E-state index in [1.54, 1.807) is 0 Å². The summed E-state index contributed by atoms with van der Waals surface area (Å²) in [6, 6.07) is 0. The molecule has 3 nitrogen and oxygen atoms in total. The molecule has 0 spiro atoms. The van der Waals surface area contributed by atoms with Crippen molar-refractivity contribution < 1.29 is 0 Å². The van der Waals surface area contributed by atoms with Crippen molar-refractivity contribution >= 4 is 0 Å². The Bertz CT molecular complexity index is 54.3. The monoisotopic (exact) mass is 131 g/mol. The van der Waals surface area contributed by atoms with Crippen molar-refractivity contribution in [3.8, 4) is 0 Å². The van der Waals surface area contributed by atoms with Gasteiger partial charge in [-0.2, -0.15) is 0 Å². The van der Waals surface area contributed by atoms with Crippen LogP contribution in [0.3, 0.4) is 0 Å². The standard InChI is InChI=1S/C6H17N3/c1-9(2)8-6-4-3-5-7/h8H,3-7H2,1-2H3. The van der Waals surface area contributed by atoms with Gasteiger partial charge in [-0.1, -0.05) is 0 Å². The lowest BCUT2D eigenvalue weighted by atomic mass is 10.3. The lowest BCUT2D eigenvalue weighted by molar-refractivity contribution is 0.287. The molecule has 0 aliphatic rings. The van der Waals surface area contributed by atoms with Crippen LogP contribution in [0.15, 0.2) is 0 Å². The number of hydrazine groups is 1. The van der Waals surface area contributed by atoms with Crippen molar-refractivity contribution in [1.82, 2.24) is 10.4 Å². The predicted molar refractivity (Wildman–Crippen MR) is 40.0 cm³/mol. The molecule has 0 bridgehead atoms. The molecule has 0 fully saturated rings. The third-order valence-electron chi connectivity index (χ3n) is 1.06. The van der Waals surface area contributed by atoms with Gasteiger partial charge >= 0.3 is 0 Å². The first-order valence-electron chi connectivity index (χ1n) is 3.38. The van der Waals surface area contributed by atoms with Crippen LogP contribution in [0.5, 0.6) is 0 Å². The summed E-state index contributed by atoms with van der Waals surface area (Å²) in [4.78, 5) is 0. The molecule has 0 atom stereocenters. The SMILES string of the molecule is CN(C)NCCCCN. The van der Waals surface area contributed by atoms with Crippen LogP contribution in [0, 0.1) is 0 Å². The quantitative estimate of drug-likeness (QED) is 0.401. The van der Waals surface area contributed by atoms with Crippen LogP contribution in [0.25, 0.3) is 0 Å². The Balaban J connectivity index is 2.75. The summed E-state index contributed by atoms with van der Waals surface area (Å²) in [5, 5.41) is 1.95. The van der Waals surface area contributed by atoms with Crippen molar-refractivity contribution in [3.63, 3.8) is 0 Å². The molecule has 0 unspecified atom stereocenters. The van der Waals surface area contributed by atoms with E-state index in [4.69, 9.17) is 5.73 Å². The fourth-order valence-electron chi connectivity index (χ4n) is 0.572. The summed E-state index contributed by atoms with van der Waals surface area (Å²) in [7, 11) is 3.98. The minimum Gasteiger partial charge on any atom is -0.330 e. The second-order valence-corrected chi connectivity index (χ2v) is 2.30. The van der Waals surface area contributed by atoms with E-state index in [1.807, 2.05) is 19.1 Å². The van der Waals surface area contributed by atoms with Gasteiger partial charge < -0.3 is 5.73 Å². The van der Waals surface area contributed by atoms with Gasteiger partial charge in [-0.15, -0.1) is 0 Å². The fourth-order valence-corrected chi connectivity index (χ4v) is 0.572. The lowest BCUT2D eigenvalue weighted by Crippen LogP contribution is -2.31. The van der Waals surface area contributed by atoms with E-state index in [0.717, 1.165) is 25.9 Å². The normalized spacial score (nSPS) is 10.7. The summed E-state index contributed by atoms with van der Waals surface area (Å²) in [6.07, 6.45) is 2.27. The van der Waals surface area contributed by atoms with Crippen molar-refractivity contribution in [2.45, 2.75) is 12.8 Å². The average Bonchev–Trinajstić information content (AvgIpc) is 1.80. The van der Waals surface area contributed by atoms with Gasteiger partial charge in [0.05, 0.1) is 0 Å². The number of rotatable bonds is 5. The molecule has 0 aromatic rings. The molecule has 0 aromatic heterocycles. The highest BCUT2D eigenvalue weighted by Gasteiger charge is 1.86. The topological polar surface area (TPSA) is 41.3 Å². The molecular formula is C6H17N3. The Hall–Kier alpha value is -0.120. The molecule has 0 heterocycles. The van der Waals surface area contributed by atoms with E-state index in [1.165, 1.54) is 0 Å². The maximum atomic E-state index is 5.30. The largest absolute Gasteiger partial charge is 0.330 e. The van der Waals surface area contributed by atoms with E-state index in [-0.39, 0.29) is 0 Å². The molecule has 0 aromatic carbocycles. The van der Waals surface area contributed by atoms with Crippen molar-refractivity contribution in [3.05, 3.63) is 0 Å². The number of hydrogen-bond acceptors (Lipinski definition) is 3. The first-order valence-corrected chi connectivity index (χ1v) is 3.38. The summed E-state index contributed by atoms with van der Waals surface area (Å²) < 4.78 is 0. The average molecular weight is 131 g/mol. The van der Waals surface area contributed by atoms with E-state index in [2.05, 4.69) is 5.43 Å². The summed E-state index contributed by atoms with van der Waals surface area (Å²) >= 11 is 0. The zero-order valence-corrected chi connectivity index (χ0v) is 6.35. The second-order valence-electron chi connectivity index (χ2n) is 2.30.